The quantitative estimate of drug-likeness (QED) is 0.781. The molecule has 18 heavy (non-hydrogen) atoms. The Hall–Kier alpha value is -0.610. The van der Waals surface area contributed by atoms with Gasteiger partial charge in [-0.1, -0.05) is 20.8 Å². The second kappa shape index (κ2) is 5.17. The van der Waals surface area contributed by atoms with Crippen molar-refractivity contribution in [2.24, 2.45) is 5.92 Å². The van der Waals surface area contributed by atoms with Crippen LogP contribution in [0.5, 0.6) is 0 Å². The number of hydrogen-bond acceptors (Lipinski definition) is 3. The van der Waals surface area contributed by atoms with Crippen molar-refractivity contribution in [1.82, 2.24) is 10.2 Å². The first-order valence-electron chi connectivity index (χ1n) is 6.90. The van der Waals surface area contributed by atoms with Gasteiger partial charge in [0.05, 0.1) is 11.6 Å². The largest absolute Gasteiger partial charge is 0.387 e. The lowest BCUT2D eigenvalue weighted by Crippen LogP contribution is -2.69. The van der Waals surface area contributed by atoms with E-state index in [4.69, 9.17) is 0 Å². The average molecular weight is 256 g/mol. The van der Waals surface area contributed by atoms with Crippen LogP contribution in [0.25, 0.3) is 0 Å². The van der Waals surface area contributed by atoms with Gasteiger partial charge in [0.2, 0.25) is 5.91 Å². The Bertz CT molecular complexity index is 307. The zero-order chi connectivity index (χ0) is 14.1. The molecule has 1 aliphatic rings. The van der Waals surface area contributed by atoms with Gasteiger partial charge in [-0.3, -0.25) is 9.69 Å². The highest BCUT2D eigenvalue weighted by molar-refractivity contribution is 5.82. The molecule has 1 heterocycles. The van der Waals surface area contributed by atoms with E-state index in [1.807, 2.05) is 39.5 Å². The maximum absolute atomic E-state index is 12.1. The molecule has 1 fully saturated rings. The predicted octanol–water partition coefficient (Wildman–Crippen LogP) is 1.38. The van der Waals surface area contributed by atoms with Crippen molar-refractivity contribution in [2.75, 3.05) is 13.1 Å². The first-order chi connectivity index (χ1) is 8.11. The van der Waals surface area contributed by atoms with Gasteiger partial charge in [0.25, 0.3) is 0 Å². The summed E-state index contributed by atoms with van der Waals surface area (Å²) in [5.41, 5.74) is -0.778. The Kier molecular flexibility index (Phi) is 4.44. The van der Waals surface area contributed by atoms with Crippen molar-refractivity contribution >= 4 is 5.91 Å². The highest BCUT2D eigenvalue weighted by Gasteiger charge is 2.46. The van der Waals surface area contributed by atoms with Crippen LogP contribution in [0.3, 0.4) is 0 Å². The van der Waals surface area contributed by atoms with E-state index < -0.39 is 5.60 Å². The van der Waals surface area contributed by atoms with Crippen molar-refractivity contribution in [1.29, 1.82) is 0 Å². The van der Waals surface area contributed by atoms with E-state index in [1.165, 1.54) is 0 Å². The standard InChI is InChI=1S/C14H28N2O2/c1-7-13(5,6)15-12(17)11(4)16-8-14(18,9-16)10(2)3/h10-11,18H,7-9H2,1-6H3,(H,15,17). The number of hydrogen-bond donors (Lipinski definition) is 2. The Balaban J connectivity index is 2.48. The molecule has 0 aromatic rings. The lowest BCUT2D eigenvalue weighted by atomic mass is 9.82. The van der Waals surface area contributed by atoms with E-state index in [1.54, 1.807) is 0 Å². The van der Waals surface area contributed by atoms with E-state index in [9.17, 15) is 9.90 Å². The van der Waals surface area contributed by atoms with Gasteiger partial charge in [-0.05, 0) is 33.1 Å². The van der Waals surface area contributed by atoms with Gasteiger partial charge in [-0.2, -0.15) is 0 Å². The summed E-state index contributed by atoms with van der Waals surface area (Å²) in [5, 5.41) is 13.2. The van der Waals surface area contributed by atoms with Crippen molar-refractivity contribution in [3.63, 3.8) is 0 Å². The van der Waals surface area contributed by atoms with Gasteiger partial charge in [0, 0.05) is 18.6 Å². The zero-order valence-electron chi connectivity index (χ0n) is 12.6. The first kappa shape index (κ1) is 15.4. The Labute approximate surface area is 111 Å². The van der Waals surface area contributed by atoms with Crippen LogP contribution in [0.2, 0.25) is 0 Å². The Morgan fingerprint density at radius 2 is 1.89 bits per heavy atom. The number of carbonyl (C=O) groups excluding carboxylic acids is 1. The summed E-state index contributed by atoms with van der Waals surface area (Å²) in [6.45, 7) is 13.2. The highest BCUT2D eigenvalue weighted by atomic mass is 16.3. The molecule has 0 aromatic heterocycles. The highest BCUT2D eigenvalue weighted by Crippen LogP contribution is 2.30. The Morgan fingerprint density at radius 1 is 1.39 bits per heavy atom. The second-order valence-electron chi connectivity index (χ2n) is 6.57. The third-order valence-corrected chi connectivity index (χ3v) is 4.30. The molecule has 1 amide bonds. The third kappa shape index (κ3) is 3.23. The van der Waals surface area contributed by atoms with E-state index in [0.717, 1.165) is 6.42 Å². The normalized spacial score (nSPS) is 21.6. The smallest absolute Gasteiger partial charge is 0.237 e. The van der Waals surface area contributed by atoms with Gasteiger partial charge < -0.3 is 10.4 Å². The summed E-state index contributed by atoms with van der Waals surface area (Å²) in [6, 6.07) is -0.171. The van der Waals surface area contributed by atoms with Crippen LogP contribution < -0.4 is 5.32 Å². The van der Waals surface area contributed by atoms with Gasteiger partial charge in [0.15, 0.2) is 0 Å². The molecule has 2 N–H and O–H groups in total. The summed E-state index contributed by atoms with van der Waals surface area (Å²) in [5.74, 6) is 0.281. The van der Waals surface area contributed by atoms with Crippen molar-refractivity contribution in [3.05, 3.63) is 0 Å². The van der Waals surface area contributed by atoms with E-state index in [-0.39, 0.29) is 23.4 Å². The van der Waals surface area contributed by atoms with Gasteiger partial charge in [-0.25, -0.2) is 0 Å². The number of nitrogens with one attached hydrogen (secondary N) is 1. The molecule has 0 aromatic carbocycles. The summed E-state index contributed by atoms with van der Waals surface area (Å²) >= 11 is 0. The number of β-amino-alcohol motifs (C(OH)–C–C–N with tert-alkyl or cyclic N) is 1. The lowest BCUT2D eigenvalue weighted by molar-refractivity contribution is -0.154. The van der Waals surface area contributed by atoms with E-state index >= 15 is 0 Å². The van der Waals surface area contributed by atoms with Crippen LogP contribution in [0.15, 0.2) is 0 Å². The third-order valence-electron chi connectivity index (χ3n) is 4.30. The van der Waals surface area contributed by atoms with Crippen LogP contribution in [0.1, 0.15) is 48.0 Å². The minimum atomic E-state index is -0.616. The number of rotatable bonds is 5. The van der Waals surface area contributed by atoms with Crippen molar-refractivity contribution in [2.45, 2.75) is 65.1 Å². The second-order valence-corrected chi connectivity index (χ2v) is 6.57. The number of nitrogens with zero attached hydrogens (tertiary/aromatic N) is 1. The molecule has 0 aliphatic carbocycles. The van der Waals surface area contributed by atoms with Crippen LogP contribution in [-0.2, 0) is 4.79 Å². The van der Waals surface area contributed by atoms with E-state index in [2.05, 4.69) is 12.2 Å². The Morgan fingerprint density at radius 3 is 2.28 bits per heavy atom. The average Bonchev–Trinajstić information content (AvgIpc) is 2.22. The summed E-state index contributed by atoms with van der Waals surface area (Å²) in [7, 11) is 0. The first-order valence-corrected chi connectivity index (χ1v) is 6.90. The topological polar surface area (TPSA) is 52.6 Å². The minimum Gasteiger partial charge on any atom is -0.387 e. The lowest BCUT2D eigenvalue weighted by Gasteiger charge is -2.51. The molecule has 0 saturated carbocycles. The van der Waals surface area contributed by atoms with Crippen molar-refractivity contribution < 1.29 is 9.90 Å². The maximum atomic E-state index is 12.1. The molecule has 1 aliphatic heterocycles. The summed E-state index contributed by atoms with van der Waals surface area (Å²) in [4.78, 5) is 14.1. The van der Waals surface area contributed by atoms with Gasteiger partial charge >= 0.3 is 0 Å². The predicted molar refractivity (Wildman–Crippen MR) is 73.3 cm³/mol. The molecule has 106 valence electrons. The molecule has 1 saturated heterocycles. The molecule has 4 nitrogen and oxygen atoms in total. The van der Waals surface area contributed by atoms with Crippen LogP contribution in [0.4, 0.5) is 0 Å². The molecule has 1 rings (SSSR count). The molecular formula is C14H28N2O2. The van der Waals surface area contributed by atoms with Crippen LogP contribution >= 0.6 is 0 Å². The molecule has 1 atom stereocenters. The van der Waals surface area contributed by atoms with E-state index in [0.29, 0.717) is 13.1 Å². The molecule has 0 spiro atoms. The molecule has 0 radical (unpaired) electrons. The monoisotopic (exact) mass is 256 g/mol. The summed E-state index contributed by atoms with van der Waals surface area (Å²) < 4.78 is 0. The van der Waals surface area contributed by atoms with Crippen LogP contribution in [0, 0.1) is 5.92 Å². The molecular weight excluding hydrogens is 228 g/mol. The SMILES string of the molecule is CCC(C)(C)NC(=O)C(C)N1CC(O)(C(C)C)C1. The fourth-order valence-electron chi connectivity index (χ4n) is 1.99. The zero-order valence-corrected chi connectivity index (χ0v) is 12.6. The number of carbonyl (C=O) groups is 1. The maximum Gasteiger partial charge on any atom is 0.237 e. The minimum absolute atomic E-state index is 0.0488. The number of aliphatic hydroxyl groups is 1. The van der Waals surface area contributed by atoms with Crippen LogP contribution in [-0.4, -0.2) is 46.2 Å². The fraction of sp³-hybridized carbons (Fsp3) is 0.929. The number of amides is 1. The molecule has 1 unspecified atom stereocenters. The van der Waals surface area contributed by atoms with Gasteiger partial charge in [-0.15, -0.1) is 0 Å². The molecule has 4 heteroatoms. The number of likely N-dealkylation sites (tertiary alicyclic amines) is 1. The fourth-order valence-corrected chi connectivity index (χ4v) is 1.99. The summed E-state index contributed by atoms with van der Waals surface area (Å²) in [6.07, 6.45) is 0.904. The molecule has 0 bridgehead atoms. The van der Waals surface area contributed by atoms with Crippen molar-refractivity contribution in [3.8, 4) is 0 Å². The van der Waals surface area contributed by atoms with Gasteiger partial charge in [0.1, 0.15) is 0 Å².